The molecule has 2 aromatic rings. The van der Waals surface area contributed by atoms with Crippen molar-refractivity contribution in [1.29, 1.82) is 0 Å². The molecule has 2 aromatic carbocycles. The second-order valence-electron chi connectivity index (χ2n) is 5.19. The van der Waals surface area contributed by atoms with Gasteiger partial charge in [0.1, 0.15) is 18.2 Å². The Kier molecular flexibility index (Phi) is 5.76. The lowest BCUT2D eigenvalue weighted by molar-refractivity contribution is 0.305. The Hall–Kier alpha value is -1.87. The van der Waals surface area contributed by atoms with Crippen LogP contribution >= 0.6 is 0 Å². The lowest BCUT2D eigenvalue weighted by Crippen LogP contribution is -2.13. The van der Waals surface area contributed by atoms with Crippen LogP contribution in [0.4, 0.5) is 4.39 Å². The van der Waals surface area contributed by atoms with Crippen LogP contribution in [-0.2, 0) is 13.2 Å². The van der Waals surface area contributed by atoms with Gasteiger partial charge in [0.25, 0.3) is 0 Å². The second-order valence-corrected chi connectivity index (χ2v) is 5.19. The summed E-state index contributed by atoms with van der Waals surface area (Å²) in [6, 6.07) is 13.2. The van der Waals surface area contributed by atoms with Crippen LogP contribution in [0.1, 0.15) is 30.0 Å². The third-order valence-corrected chi connectivity index (χ3v) is 3.31. The van der Waals surface area contributed by atoms with Gasteiger partial charge in [-0.1, -0.05) is 31.2 Å². The highest BCUT2D eigenvalue weighted by Gasteiger charge is 2.01. The lowest BCUT2D eigenvalue weighted by Gasteiger charge is -2.08. The number of halogens is 1. The van der Waals surface area contributed by atoms with E-state index < -0.39 is 0 Å². The summed E-state index contributed by atoms with van der Waals surface area (Å²) in [4.78, 5) is 0. The van der Waals surface area contributed by atoms with E-state index in [1.54, 1.807) is 19.1 Å². The van der Waals surface area contributed by atoms with Gasteiger partial charge in [0, 0.05) is 6.54 Å². The van der Waals surface area contributed by atoms with Gasteiger partial charge in [-0.05, 0) is 54.8 Å². The van der Waals surface area contributed by atoms with Crippen LogP contribution in [0.25, 0.3) is 0 Å². The summed E-state index contributed by atoms with van der Waals surface area (Å²) < 4.78 is 18.9. The largest absolute Gasteiger partial charge is 0.489 e. The van der Waals surface area contributed by atoms with Gasteiger partial charge in [0.05, 0.1) is 0 Å². The first-order valence-corrected chi connectivity index (χ1v) is 7.36. The minimum Gasteiger partial charge on any atom is -0.489 e. The van der Waals surface area contributed by atoms with E-state index in [1.165, 1.54) is 11.6 Å². The summed E-state index contributed by atoms with van der Waals surface area (Å²) in [6.07, 6.45) is 1.14. The van der Waals surface area contributed by atoms with Crippen LogP contribution < -0.4 is 10.1 Å². The number of hydrogen-bond donors (Lipinski definition) is 1. The summed E-state index contributed by atoms with van der Waals surface area (Å²) in [5, 5.41) is 3.37. The molecule has 0 aliphatic heterocycles. The highest BCUT2D eigenvalue weighted by molar-refractivity contribution is 5.29. The molecule has 112 valence electrons. The number of aryl methyl sites for hydroxylation is 1. The van der Waals surface area contributed by atoms with Crippen molar-refractivity contribution < 1.29 is 9.13 Å². The molecule has 0 heterocycles. The molecule has 3 heteroatoms. The average Bonchev–Trinajstić information content (AvgIpc) is 2.50. The summed E-state index contributed by atoms with van der Waals surface area (Å²) in [6.45, 7) is 6.32. The zero-order valence-electron chi connectivity index (χ0n) is 12.7. The number of ether oxygens (including phenoxy) is 1. The fourth-order valence-corrected chi connectivity index (χ4v) is 2.04. The van der Waals surface area contributed by atoms with Gasteiger partial charge in [0.15, 0.2) is 0 Å². The molecule has 0 atom stereocenters. The van der Waals surface area contributed by atoms with Crippen LogP contribution in [0, 0.1) is 12.7 Å². The maximum Gasteiger partial charge on any atom is 0.126 e. The highest BCUT2D eigenvalue weighted by atomic mass is 19.1. The minimum atomic E-state index is -0.203. The number of hydrogen-bond acceptors (Lipinski definition) is 2. The van der Waals surface area contributed by atoms with Crippen molar-refractivity contribution in [2.45, 2.75) is 33.4 Å². The smallest absolute Gasteiger partial charge is 0.126 e. The van der Waals surface area contributed by atoms with E-state index in [2.05, 4.69) is 36.5 Å². The highest BCUT2D eigenvalue weighted by Crippen LogP contribution is 2.17. The Morgan fingerprint density at radius 3 is 2.43 bits per heavy atom. The van der Waals surface area contributed by atoms with E-state index in [4.69, 9.17) is 4.74 Å². The zero-order chi connectivity index (χ0) is 15.1. The molecule has 0 spiro atoms. The molecule has 0 fully saturated rings. The molecule has 21 heavy (non-hydrogen) atoms. The van der Waals surface area contributed by atoms with Crippen LogP contribution in [0.3, 0.4) is 0 Å². The van der Waals surface area contributed by atoms with E-state index in [0.29, 0.717) is 17.9 Å². The normalized spacial score (nSPS) is 10.6. The van der Waals surface area contributed by atoms with E-state index >= 15 is 0 Å². The molecule has 0 radical (unpaired) electrons. The van der Waals surface area contributed by atoms with Crippen LogP contribution in [-0.4, -0.2) is 6.54 Å². The monoisotopic (exact) mass is 287 g/mol. The Bertz CT molecular complexity index is 566. The van der Waals surface area contributed by atoms with E-state index in [9.17, 15) is 4.39 Å². The molecule has 2 nitrogen and oxygen atoms in total. The third-order valence-electron chi connectivity index (χ3n) is 3.31. The molecule has 0 aliphatic carbocycles. The first-order valence-electron chi connectivity index (χ1n) is 7.36. The quantitative estimate of drug-likeness (QED) is 0.770. The van der Waals surface area contributed by atoms with Gasteiger partial charge in [0.2, 0.25) is 0 Å². The van der Waals surface area contributed by atoms with Crippen LogP contribution in [0.15, 0.2) is 42.5 Å². The maximum atomic E-state index is 13.2. The fraction of sp³-hybridized carbons (Fsp3) is 0.333. The maximum absolute atomic E-state index is 13.2. The van der Waals surface area contributed by atoms with Gasteiger partial charge in [-0.3, -0.25) is 0 Å². The molecule has 0 bridgehead atoms. The van der Waals surface area contributed by atoms with Gasteiger partial charge >= 0.3 is 0 Å². The van der Waals surface area contributed by atoms with E-state index in [0.717, 1.165) is 25.1 Å². The predicted octanol–water partition coefficient (Wildman–Crippen LogP) is 4.21. The molecule has 0 saturated carbocycles. The minimum absolute atomic E-state index is 0.203. The number of nitrogens with one attached hydrogen (secondary N) is 1. The first kappa shape index (κ1) is 15.5. The van der Waals surface area contributed by atoms with E-state index in [-0.39, 0.29) is 5.82 Å². The molecular weight excluding hydrogens is 265 g/mol. The van der Waals surface area contributed by atoms with Crippen molar-refractivity contribution in [2.24, 2.45) is 0 Å². The molecule has 0 aromatic heterocycles. The Labute approximate surface area is 126 Å². The topological polar surface area (TPSA) is 21.3 Å². The SMILES string of the molecule is CCCNCc1ccc(COc2ccc(F)c(C)c2)cc1. The summed E-state index contributed by atoms with van der Waals surface area (Å²) in [5.74, 6) is 0.494. The predicted molar refractivity (Wildman–Crippen MR) is 83.9 cm³/mol. The van der Waals surface area contributed by atoms with E-state index in [1.807, 2.05) is 0 Å². The second kappa shape index (κ2) is 7.79. The van der Waals surface area contributed by atoms with Crippen molar-refractivity contribution >= 4 is 0 Å². The first-order chi connectivity index (χ1) is 10.2. The Morgan fingerprint density at radius 1 is 1.05 bits per heavy atom. The standard InChI is InChI=1S/C18H22FNO/c1-3-10-20-12-15-4-6-16(7-5-15)13-21-17-8-9-18(19)14(2)11-17/h4-9,11,20H,3,10,12-13H2,1-2H3. The lowest BCUT2D eigenvalue weighted by atomic mass is 10.1. The summed E-state index contributed by atoms with van der Waals surface area (Å²) in [7, 11) is 0. The van der Waals surface area contributed by atoms with Gasteiger partial charge in [-0.2, -0.15) is 0 Å². The summed E-state index contributed by atoms with van der Waals surface area (Å²) in [5.41, 5.74) is 2.98. The van der Waals surface area contributed by atoms with Crippen molar-refractivity contribution in [1.82, 2.24) is 5.32 Å². The molecule has 0 saturated heterocycles. The molecule has 2 rings (SSSR count). The molecular formula is C18H22FNO. The zero-order valence-corrected chi connectivity index (χ0v) is 12.7. The molecule has 0 unspecified atom stereocenters. The molecule has 1 N–H and O–H groups in total. The van der Waals surface area contributed by atoms with Crippen LogP contribution in [0.2, 0.25) is 0 Å². The van der Waals surface area contributed by atoms with Gasteiger partial charge in [-0.15, -0.1) is 0 Å². The summed E-state index contributed by atoms with van der Waals surface area (Å²) >= 11 is 0. The van der Waals surface area contributed by atoms with Crippen molar-refractivity contribution in [3.8, 4) is 5.75 Å². The number of rotatable bonds is 7. The van der Waals surface area contributed by atoms with Crippen LogP contribution in [0.5, 0.6) is 5.75 Å². The Morgan fingerprint density at radius 2 is 1.76 bits per heavy atom. The fourth-order valence-electron chi connectivity index (χ4n) is 2.04. The number of benzene rings is 2. The van der Waals surface area contributed by atoms with Crippen molar-refractivity contribution in [3.63, 3.8) is 0 Å². The van der Waals surface area contributed by atoms with Crippen molar-refractivity contribution in [3.05, 3.63) is 65.0 Å². The Balaban J connectivity index is 1.86. The van der Waals surface area contributed by atoms with Gasteiger partial charge < -0.3 is 10.1 Å². The van der Waals surface area contributed by atoms with Gasteiger partial charge in [-0.25, -0.2) is 4.39 Å². The average molecular weight is 287 g/mol. The van der Waals surface area contributed by atoms with Crippen molar-refractivity contribution in [2.75, 3.05) is 6.54 Å². The third kappa shape index (κ3) is 4.87. The molecule has 0 amide bonds. The molecule has 0 aliphatic rings.